The van der Waals surface area contributed by atoms with Gasteiger partial charge in [0.15, 0.2) is 12.5 Å². The molecular formula is C2H2O3P+. The Balaban J connectivity index is 3.41. The zero-order valence-electron chi connectivity index (χ0n) is 2.83. The van der Waals surface area contributed by atoms with E-state index in [0.717, 1.165) is 0 Å². The molecule has 0 radical (unpaired) electrons. The summed E-state index contributed by atoms with van der Waals surface area (Å²) < 4.78 is 18.4. The zero-order valence-corrected chi connectivity index (χ0v) is 3.72. The topological polar surface area (TPSA) is 43.4 Å². The Morgan fingerprint density at radius 1 is 1.33 bits per heavy atom. The highest BCUT2D eigenvalue weighted by Gasteiger charge is 1.96. The molecule has 4 heteroatoms. The monoisotopic (exact) mass is 105 g/mol. The molecule has 3 nitrogen and oxygen atoms in total. The molecule has 0 saturated heterocycles. The molecule has 6 heavy (non-hydrogen) atoms. The fraction of sp³-hybridized carbons (Fsp3) is 0. The normalized spacial score (nSPS) is 8.67. The lowest BCUT2D eigenvalue weighted by atomic mass is 11.1. The number of hydrogen-bond donors (Lipinski definition) is 0. The fourth-order valence-electron chi connectivity index (χ4n) is 0.174. The molecule has 1 aromatic rings. The largest absolute Gasteiger partial charge is 0.804 e. The molecule has 0 unspecified atom stereocenters. The fourth-order valence-corrected chi connectivity index (χ4v) is 0.522. The second kappa shape index (κ2) is 1.27. The third kappa shape index (κ3) is 0.494. The molecule has 1 heterocycles. The predicted octanol–water partition coefficient (Wildman–Crippen LogP) is 1.61. The first-order valence-electron chi connectivity index (χ1n) is 1.35. The number of hydrogen-bond acceptors (Lipinski definition) is 3. The van der Waals surface area contributed by atoms with Crippen LogP contribution in [0.2, 0.25) is 0 Å². The van der Waals surface area contributed by atoms with Gasteiger partial charge in [0.05, 0.1) is 0 Å². The first kappa shape index (κ1) is 3.62. The Morgan fingerprint density at radius 3 is 2.00 bits per heavy atom. The van der Waals surface area contributed by atoms with E-state index < -0.39 is 7.89 Å². The van der Waals surface area contributed by atoms with Crippen LogP contribution in [-0.4, -0.2) is 0 Å². The maximum atomic E-state index is 9.88. The molecule has 32 valence electrons. The van der Waals surface area contributed by atoms with Crippen LogP contribution in [0, 0.1) is 0 Å². The smallest absolute Gasteiger partial charge is 0.227 e. The first-order chi connectivity index (χ1) is 2.89. The van der Waals surface area contributed by atoms with Crippen molar-refractivity contribution >= 4 is 7.89 Å². The summed E-state index contributed by atoms with van der Waals surface area (Å²) in [5.41, 5.74) is 0. The molecule has 1 aromatic heterocycles. The minimum Gasteiger partial charge on any atom is -0.227 e. The highest BCUT2D eigenvalue weighted by atomic mass is 31.1. The summed E-state index contributed by atoms with van der Waals surface area (Å²) >= 11 is 0. The van der Waals surface area contributed by atoms with E-state index in [9.17, 15) is 4.57 Å². The van der Waals surface area contributed by atoms with Gasteiger partial charge in [-0.1, -0.05) is 0 Å². The molecule has 0 N–H and O–H groups in total. The van der Waals surface area contributed by atoms with Gasteiger partial charge in [0, 0.05) is 4.57 Å². The molecule has 0 saturated carbocycles. The van der Waals surface area contributed by atoms with E-state index >= 15 is 0 Å². The summed E-state index contributed by atoms with van der Waals surface area (Å²) in [6.45, 7) is 0. The molecule has 0 fully saturated rings. The van der Waals surface area contributed by atoms with Crippen LogP contribution in [0.15, 0.2) is 20.9 Å². The van der Waals surface area contributed by atoms with Gasteiger partial charge in [-0.15, -0.1) is 0 Å². The summed E-state index contributed by atoms with van der Waals surface area (Å²) in [6, 6.07) is 0. The summed E-state index contributed by atoms with van der Waals surface area (Å²) in [4.78, 5) is 0. The predicted molar refractivity (Wildman–Crippen MR) is 18.6 cm³/mol. The molecule has 0 aliphatic carbocycles. The number of rotatable bonds is 0. The quantitative estimate of drug-likeness (QED) is 0.503. The SMILES string of the molecule is O=[p+]1occo1. The molecule has 0 bridgehead atoms. The van der Waals surface area contributed by atoms with Crippen LogP contribution < -0.4 is 0 Å². The van der Waals surface area contributed by atoms with E-state index in [0.29, 0.717) is 0 Å². The van der Waals surface area contributed by atoms with Gasteiger partial charge in [0.1, 0.15) is 0 Å². The van der Waals surface area contributed by atoms with Crippen molar-refractivity contribution in [3.8, 4) is 0 Å². The van der Waals surface area contributed by atoms with Crippen LogP contribution in [-0.2, 0) is 4.57 Å². The van der Waals surface area contributed by atoms with Crippen LogP contribution >= 0.6 is 7.89 Å². The maximum Gasteiger partial charge on any atom is 0.804 e. The lowest BCUT2D eigenvalue weighted by Gasteiger charge is -1.29. The molecule has 0 amide bonds. The van der Waals surface area contributed by atoms with Crippen molar-refractivity contribution in [3.05, 3.63) is 12.5 Å². The lowest BCUT2D eigenvalue weighted by Crippen LogP contribution is -1.16. The molecular weight excluding hydrogens is 103 g/mol. The van der Waals surface area contributed by atoms with E-state index in [1.807, 2.05) is 0 Å². The summed E-state index contributed by atoms with van der Waals surface area (Å²) in [7, 11) is -1.83. The van der Waals surface area contributed by atoms with Crippen molar-refractivity contribution in [1.82, 2.24) is 0 Å². The van der Waals surface area contributed by atoms with Crippen molar-refractivity contribution in [1.29, 1.82) is 0 Å². The van der Waals surface area contributed by atoms with Gasteiger partial charge >= 0.3 is 7.89 Å². The van der Waals surface area contributed by atoms with Crippen LogP contribution in [0.25, 0.3) is 0 Å². The van der Waals surface area contributed by atoms with Crippen molar-refractivity contribution in [2.75, 3.05) is 0 Å². The molecule has 0 atom stereocenters. The van der Waals surface area contributed by atoms with Crippen molar-refractivity contribution in [3.63, 3.8) is 0 Å². The van der Waals surface area contributed by atoms with Gasteiger partial charge < -0.3 is 0 Å². The third-order valence-electron chi connectivity index (χ3n) is 0.349. The molecule has 0 aliphatic heterocycles. The van der Waals surface area contributed by atoms with Crippen LogP contribution in [0.1, 0.15) is 0 Å². The Labute approximate surface area is 34.5 Å². The van der Waals surface area contributed by atoms with Crippen molar-refractivity contribution < 1.29 is 13.0 Å². The van der Waals surface area contributed by atoms with Crippen molar-refractivity contribution in [2.45, 2.75) is 0 Å². The minimum absolute atomic E-state index is 1.25. The summed E-state index contributed by atoms with van der Waals surface area (Å²) in [6.07, 6.45) is 2.50. The second-order valence-electron chi connectivity index (χ2n) is 0.707. The maximum absolute atomic E-state index is 9.88. The molecule has 0 aliphatic rings. The molecule has 0 aromatic carbocycles. The standard InChI is InChI=1S/C2H2O3P/c3-6-4-1-2-5-6/h1-2H/q+1. The Kier molecular flexibility index (Phi) is 0.765. The zero-order chi connectivity index (χ0) is 4.41. The highest BCUT2D eigenvalue weighted by Crippen LogP contribution is 2.09. The van der Waals surface area contributed by atoms with Crippen LogP contribution in [0.3, 0.4) is 0 Å². The molecule has 1 rings (SSSR count). The second-order valence-corrected chi connectivity index (χ2v) is 1.58. The van der Waals surface area contributed by atoms with Crippen LogP contribution in [0.5, 0.6) is 0 Å². The summed E-state index contributed by atoms with van der Waals surface area (Å²) in [5.74, 6) is 0. The van der Waals surface area contributed by atoms with Gasteiger partial charge in [-0.25, -0.2) is 8.39 Å². The third-order valence-corrected chi connectivity index (χ3v) is 0.937. The van der Waals surface area contributed by atoms with Crippen molar-refractivity contribution in [2.24, 2.45) is 0 Å². The van der Waals surface area contributed by atoms with Gasteiger partial charge in [0.25, 0.3) is 0 Å². The average Bonchev–Trinajstić information content (AvgIpc) is 1.86. The minimum atomic E-state index is -1.83. The van der Waals surface area contributed by atoms with Gasteiger partial charge in [0.2, 0.25) is 0 Å². The van der Waals surface area contributed by atoms with E-state index in [4.69, 9.17) is 0 Å². The van der Waals surface area contributed by atoms with Gasteiger partial charge in [-0.2, -0.15) is 0 Å². The first-order valence-corrected chi connectivity index (χ1v) is 2.45. The summed E-state index contributed by atoms with van der Waals surface area (Å²) in [5, 5.41) is 0. The van der Waals surface area contributed by atoms with E-state index in [1.54, 1.807) is 0 Å². The van der Waals surface area contributed by atoms with Crippen LogP contribution in [0.4, 0.5) is 0 Å². The molecule has 0 spiro atoms. The van der Waals surface area contributed by atoms with Gasteiger partial charge in [-0.05, 0) is 0 Å². The Bertz CT molecular complexity index is 147. The van der Waals surface area contributed by atoms with E-state index in [2.05, 4.69) is 8.39 Å². The highest BCUT2D eigenvalue weighted by molar-refractivity contribution is 7.22. The average molecular weight is 105 g/mol. The van der Waals surface area contributed by atoms with E-state index in [1.165, 1.54) is 12.5 Å². The Hall–Kier alpha value is -0.560. The Morgan fingerprint density at radius 2 is 1.83 bits per heavy atom. The lowest BCUT2D eigenvalue weighted by molar-refractivity contribution is 0.516. The van der Waals surface area contributed by atoms with Gasteiger partial charge in [-0.3, -0.25) is 0 Å². The van der Waals surface area contributed by atoms with E-state index in [-0.39, 0.29) is 0 Å².